The van der Waals surface area contributed by atoms with Gasteiger partial charge in [-0.2, -0.15) is 11.8 Å². The molecule has 0 aliphatic carbocycles. The Balaban J connectivity index is 1.90. The van der Waals surface area contributed by atoms with Gasteiger partial charge < -0.3 is 10.1 Å². The van der Waals surface area contributed by atoms with Crippen LogP contribution in [0.5, 0.6) is 0 Å². The maximum Gasteiger partial charge on any atom is 0.0634 e. The van der Waals surface area contributed by atoms with Crippen LogP contribution in [-0.2, 0) is 4.74 Å². The number of rotatable bonds is 2. The quantitative estimate of drug-likeness (QED) is 0.682. The largest absolute Gasteiger partial charge is 0.379 e. The van der Waals surface area contributed by atoms with Crippen molar-refractivity contribution in [3.05, 3.63) is 0 Å². The molecule has 3 nitrogen and oxygen atoms in total. The van der Waals surface area contributed by atoms with Crippen LogP contribution in [0.15, 0.2) is 0 Å². The van der Waals surface area contributed by atoms with E-state index in [1.807, 2.05) is 11.8 Å². The van der Waals surface area contributed by atoms with E-state index >= 15 is 0 Å². The van der Waals surface area contributed by atoms with E-state index in [0.29, 0.717) is 11.3 Å². The van der Waals surface area contributed by atoms with E-state index in [1.54, 1.807) is 0 Å². The number of piperazine rings is 1. The van der Waals surface area contributed by atoms with Crippen LogP contribution in [0.2, 0.25) is 0 Å². The monoisotopic (exact) mass is 202 g/mol. The first-order valence-corrected chi connectivity index (χ1v) is 6.26. The van der Waals surface area contributed by atoms with Gasteiger partial charge in [0.1, 0.15) is 0 Å². The molecule has 2 atom stereocenters. The summed E-state index contributed by atoms with van der Waals surface area (Å²) < 4.78 is 5.53. The van der Waals surface area contributed by atoms with E-state index in [2.05, 4.69) is 16.5 Å². The molecule has 0 amide bonds. The van der Waals surface area contributed by atoms with Gasteiger partial charge in [-0.15, -0.1) is 0 Å². The number of ether oxygens (including phenoxy) is 1. The topological polar surface area (TPSA) is 24.5 Å². The predicted molar refractivity (Wildman–Crippen MR) is 56.4 cm³/mol. The molecule has 2 saturated heterocycles. The Bertz CT molecular complexity index is 162. The minimum absolute atomic E-state index is 0.664. The summed E-state index contributed by atoms with van der Waals surface area (Å²) in [5, 5.41) is 4.07. The molecule has 0 bridgehead atoms. The van der Waals surface area contributed by atoms with Crippen LogP contribution in [0.25, 0.3) is 0 Å². The van der Waals surface area contributed by atoms with Crippen LogP contribution >= 0.6 is 11.8 Å². The Morgan fingerprint density at radius 3 is 2.77 bits per heavy atom. The molecule has 0 aromatic rings. The van der Waals surface area contributed by atoms with Crippen molar-refractivity contribution in [3.63, 3.8) is 0 Å². The number of hydrogen-bond donors (Lipinski definition) is 1. The van der Waals surface area contributed by atoms with E-state index < -0.39 is 0 Å². The van der Waals surface area contributed by atoms with Gasteiger partial charge in [-0.05, 0) is 6.26 Å². The first-order valence-electron chi connectivity index (χ1n) is 4.97. The first kappa shape index (κ1) is 9.77. The van der Waals surface area contributed by atoms with Gasteiger partial charge in [0.15, 0.2) is 0 Å². The molecule has 0 aromatic carbocycles. The fraction of sp³-hybridized carbons (Fsp3) is 1.00. The van der Waals surface area contributed by atoms with Crippen molar-refractivity contribution in [2.75, 3.05) is 45.6 Å². The lowest BCUT2D eigenvalue weighted by molar-refractivity contribution is 0.134. The smallest absolute Gasteiger partial charge is 0.0634 e. The molecule has 2 heterocycles. The number of thioether (sulfide) groups is 1. The highest BCUT2D eigenvalue weighted by Gasteiger charge is 2.32. The maximum atomic E-state index is 5.53. The molecule has 2 rings (SSSR count). The number of hydrogen-bond acceptors (Lipinski definition) is 4. The fourth-order valence-corrected chi connectivity index (χ4v) is 2.90. The van der Waals surface area contributed by atoms with Crippen molar-refractivity contribution < 1.29 is 4.74 Å². The van der Waals surface area contributed by atoms with Crippen molar-refractivity contribution in [1.82, 2.24) is 10.2 Å². The summed E-state index contributed by atoms with van der Waals surface area (Å²) in [6.45, 7) is 6.52. The maximum absolute atomic E-state index is 5.53. The Morgan fingerprint density at radius 1 is 1.31 bits per heavy atom. The summed E-state index contributed by atoms with van der Waals surface area (Å²) in [6.07, 6.45) is 2.19. The van der Waals surface area contributed by atoms with E-state index in [-0.39, 0.29) is 0 Å². The normalized spacial score (nSPS) is 36.7. The Morgan fingerprint density at radius 2 is 2.08 bits per heavy atom. The van der Waals surface area contributed by atoms with Gasteiger partial charge in [-0.3, -0.25) is 4.90 Å². The zero-order chi connectivity index (χ0) is 9.10. The van der Waals surface area contributed by atoms with Crippen molar-refractivity contribution in [1.29, 1.82) is 0 Å². The molecule has 0 saturated carbocycles. The third kappa shape index (κ3) is 2.18. The second-order valence-corrected chi connectivity index (χ2v) is 4.74. The number of nitrogens with one attached hydrogen (secondary N) is 1. The Labute approximate surface area is 84.2 Å². The van der Waals surface area contributed by atoms with Crippen molar-refractivity contribution in [2.45, 2.75) is 11.3 Å². The third-order valence-corrected chi connectivity index (χ3v) is 3.98. The standard InChI is InChI=1S/C9H18N2OS/c1-13-9-7-12-6-8(9)11-4-2-10-3-5-11/h8-10H,2-7H2,1H3/t8-,9-/m1/s1. The van der Waals surface area contributed by atoms with Crippen LogP contribution in [0, 0.1) is 0 Å². The molecule has 0 aromatic heterocycles. The van der Waals surface area contributed by atoms with Crippen LogP contribution < -0.4 is 5.32 Å². The van der Waals surface area contributed by atoms with E-state index in [9.17, 15) is 0 Å². The van der Waals surface area contributed by atoms with Gasteiger partial charge in [0.2, 0.25) is 0 Å². The molecule has 0 spiro atoms. The summed E-state index contributed by atoms with van der Waals surface area (Å²) in [4.78, 5) is 2.57. The molecule has 4 heteroatoms. The molecule has 0 radical (unpaired) electrons. The summed E-state index contributed by atoms with van der Waals surface area (Å²) in [7, 11) is 0. The lowest BCUT2D eigenvalue weighted by atomic mass is 10.2. The average molecular weight is 202 g/mol. The Hall–Kier alpha value is 0.230. The molecular weight excluding hydrogens is 184 g/mol. The fourth-order valence-electron chi connectivity index (χ4n) is 2.10. The van der Waals surface area contributed by atoms with Crippen LogP contribution in [0.4, 0.5) is 0 Å². The van der Waals surface area contributed by atoms with Crippen LogP contribution in [0.3, 0.4) is 0 Å². The molecule has 1 N–H and O–H groups in total. The second-order valence-electron chi connectivity index (χ2n) is 3.66. The number of nitrogens with zero attached hydrogens (tertiary/aromatic N) is 1. The summed E-state index contributed by atoms with van der Waals surface area (Å²) in [5.41, 5.74) is 0. The molecule has 2 aliphatic rings. The SMILES string of the molecule is CS[C@@H]1COC[C@H]1N1CCNCC1. The predicted octanol–water partition coefficient (Wildman–Crippen LogP) is 0.0220. The highest BCUT2D eigenvalue weighted by Crippen LogP contribution is 2.23. The lowest BCUT2D eigenvalue weighted by Gasteiger charge is -2.34. The van der Waals surface area contributed by atoms with E-state index in [1.165, 1.54) is 13.1 Å². The van der Waals surface area contributed by atoms with Crippen molar-refractivity contribution in [2.24, 2.45) is 0 Å². The van der Waals surface area contributed by atoms with Gasteiger partial charge in [-0.25, -0.2) is 0 Å². The van der Waals surface area contributed by atoms with Gasteiger partial charge in [0.25, 0.3) is 0 Å². The molecule has 13 heavy (non-hydrogen) atoms. The van der Waals surface area contributed by atoms with Gasteiger partial charge in [0, 0.05) is 37.5 Å². The first-order chi connectivity index (χ1) is 6.42. The van der Waals surface area contributed by atoms with Crippen molar-refractivity contribution in [3.8, 4) is 0 Å². The van der Waals surface area contributed by atoms with Gasteiger partial charge >= 0.3 is 0 Å². The zero-order valence-electron chi connectivity index (χ0n) is 8.16. The Kier molecular flexibility index (Phi) is 3.49. The summed E-state index contributed by atoms with van der Waals surface area (Å²) >= 11 is 1.95. The summed E-state index contributed by atoms with van der Waals surface area (Å²) in [5.74, 6) is 0. The summed E-state index contributed by atoms with van der Waals surface area (Å²) in [6, 6.07) is 0.664. The second kappa shape index (κ2) is 4.64. The molecule has 0 unspecified atom stereocenters. The molecule has 2 aliphatic heterocycles. The highest BCUT2D eigenvalue weighted by molar-refractivity contribution is 7.99. The van der Waals surface area contributed by atoms with Gasteiger partial charge in [-0.1, -0.05) is 0 Å². The zero-order valence-corrected chi connectivity index (χ0v) is 8.98. The minimum atomic E-state index is 0.664. The third-order valence-electron chi connectivity index (χ3n) is 2.92. The van der Waals surface area contributed by atoms with Crippen LogP contribution in [-0.4, -0.2) is 61.8 Å². The molecular formula is C9H18N2OS. The van der Waals surface area contributed by atoms with E-state index in [0.717, 1.165) is 26.3 Å². The van der Waals surface area contributed by atoms with Gasteiger partial charge in [0.05, 0.1) is 13.2 Å². The van der Waals surface area contributed by atoms with Crippen LogP contribution in [0.1, 0.15) is 0 Å². The molecule has 2 fully saturated rings. The highest BCUT2D eigenvalue weighted by atomic mass is 32.2. The van der Waals surface area contributed by atoms with E-state index in [4.69, 9.17) is 4.74 Å². The average Bonchev–Trinajstić information content (AvgIpc) is 2.67. The lowest BCUT2D eigenvalue weighted by Crippen LogP contribution is -2.51. The van der Waals surface area contributed by atoms with Crippen molar-refractivity contribution >= 4 is 11.8 Å². The minimum Gasteiger partial charge on any atom is -0.379 e. The molecule has 76 valence electrons.